The first-order valence-corrected chi connectivity index (χ1v) is 11.2. The Labute approximate surface area is 191 Å². The van der Waals surface area contributed by atoms with Crippen molar-refractivity contribution in [1.82, 2.24) is 4.90 Å². The van der Waals surface area contributed by atoms with Crippen LogP contribution >= 0.6 is 23.4 Å². The second-order valence-electron chi connectivity index (χ2n) is 6.71. The lowest BCUT2D eigenvalue weighted by Gasteiger charge is -2.22. The van der Waals surface area contributed by atoms with Gasteiger partial charge >= 0.3 is 0 Å². The standard InChI is InChI=1S/C23H25ClN2O4S/c1-4-25(5-2)17-11-10-16(20(15-17)29-3)14-21-22(27)26(23(28)31-21)12-13-30-19-9-7-6-8-18(19)24/h6-11,14-15H,4-5,12-13H2,1-3H3/b21-14-. The molecule has 0 unspecified atom stereocenters. The molecule has 1 heterocycles. The van der Waals surface area contributed by atoms with Gasteiger partial charge in [-0.3, -0.25) is 14.5 Å². The van der Waals surface area contributed by atoms with Crippen molar-refractivity contribution in [2.75, 3.05) is 38.3 Å². The number of imide groups is 1. The number of carbonyl (C=O) groups excluding carboxylic acids is 2. The molecule has 6 nitrogen and oxygen atoms in total. The molecule has 2 aromatic carbocycles. The van der Waals surface area contributed by atoms with Gasteiger partial charge in [-0.1, -0.05) is 23.7 Å². The van der Waals surface area contributed by atoms with Gasteiger partial charge in [-0.2, -0.15) is 0 Å². The Balaban J connectivity index is 1.71. The van der Waals surface area contributed by atoms with Crippen LogP contribution in [0.25, 0.3) is 6.08 Å². The topological polar surface area (TPSA) is 59.1 Å². The molecule has 2 aromatic rings. The van der Waals surface area contributed by atoms with Crippen LogP contribution in [0.2, 0.25) is 5.02 Å². The van der Waals surface area contributed by atoms with E-state index < -0.39 is 0 Å². The number of methoxy groups -OCH3 is 1. The van der Waals surface area contributed by atoms with Crippen molar-refractivity contribution in [2.45, 2.75) is 13.8 Å². The monoisotopic (exact) mass is 460 g/mol. The van der Waals surface area contributed by atoms with Gasteiger partial charge in [0.25, 0.3) is 11.1 Å². The minimum Gasteiger partial charge on any atom is -0.496 e. The van der Waals surface area contributed by atoms with Crippen molar-refractivity contribution in [3.8, 4) is 11.5 Å². The number of carbonyl (C=O) groups is 2. The first kappa shape index (κ1) is 23.0. The van der Waals surface area contributed by atoms with E-state index in [-0.39, 0.29) is 24.3 Å². The number of thioether (sulfide) groups is 1. The molecule has 0 bridgehead atoms. The molecule has 1 saturated heterocycles. The van der Waals surface area contributed by atoms with E-state index in [2.05, 4.69) is 18.7 Å². The summed E-state index contributed by atoms with van der Waals surface area (Å²) in [5, 5.41) is 0.162. The molecule has 1 aliphatic heterocycles. The predicted octanol–water partition coefficient (Wildman–Crippen LogP) is 5.31. The summed E-state index contributed by atoms with van der Waals surface area (Å²) in [6.45, 7) is 6.26. The maximum atomic E-state index is 12.8. The van der Waals surface area contributed by atoms with Crippen LogP contribution in [0.1, 0.15) is 19.4 Å². The number of para-hydroxylation sites is 1. The van der Waals surface area contributed by atoms with Crippen molar-refractivity contribution in [2.24, 2.45) is 0 Å². The molecule has 1 aliphatic rings. The van der Waals surface area contributed by atoms with E-state index in [0.29, 0.717) is 21.4 Å². The van der Waals surface area contributed by atoms with E-state index in [4.69, 9.17) is 21.1 Å². The summed E-state index contributed by atoms with van der Waals surface area (Å²) in [7, 11) is 1.59. The highest BCUT2D eigenvalue weighted by Crippen LogP contribution is 2.35. The molecule has 3 rings (SSSR count). The average Bonchev–Trinajstić information content (AvgIpc) is 3.04. The van der Waals surface area contributed by atoms with Gasteiger partial charge in [0.15, 0.2) is 0 Å². The van der Waals surface area contributed by atoms with Crippen LogP contribution in [0.4, 0.5) is 10.5 Å². The minimum absolute atomic E-state index is 0.144. The van der Waals surface area contributed by atoms with E-state index >= 15 is 0 Å². The quantitative estimate of drug-likeness (QED) is 0.472. The van der Waals surface area contributed by atoms with Crippen LogP contribution < -0.4 is 14.4 Å². The fraction of sp³-hybridized carbons (Fsp3) is 0.304. The Morgan fingerprint density at radius 2 is 1.84 bits per heavy atom. The Morgan fingerprint density at radius 3 is 2.52 bits per heavy atom. The third-order valence-electron chi connectivity index (χ3n) is 4.91. The van der Waals surface area contributed by atoms with Crippen LogP contribution in [0.5, 0.6) is 11.5 Å². The number of rotatable bonds is 9. The molecule has 2 amide bonds. The summed E-state index contributed by atoms with van der Waals surface area (Å²) >= 11 is 6.98. The van der Waals surface area contributed by atoms with Crippen LogP contribution in [0.3, 0.4) is 0 Å². The highest BCUT2D eigenvalue weighted by atomic mass is 35.5. The average molecular weight is 461 g/mol. The van der Waals surface area contributed by atoms with E-state index in [1.54, 1.807) is 31.4 Å². The van der Waals surface area contributed by atoms with Gasteiger partial charge in [0.2, 0.25) is 0 Å². The maximum absolute atomic E-state index is 12.8. The Bertz CT molecular complexity index is 991. The molecular formula is C23H25ClN2O4S. The molecule has 0 N–H and O–H groups in total. The van der Waals surface area contributed by atoms with Crippen molar-refractivity contribution in [3.63, 3.8) is 0 Å². The third kappa shape index (κ3) is 5.35. The van der Waals surface area contributed by atoms with Crippen molar-refractivity contribution < 1.29 is 19.1 Å². The molecule has 1 fully saturated rings. The third-order valence-corrected chi connectivity index (χ3v) is 6.13. The molecule has 0 aromatic heterocycles. The highest BCUT2D eigenvalue weighted by molar-refractivity contribution is 8.18. The molecule has 8 heteroatoms. The number of amides is 2. The summed E-state index contributed by atoms with van der Waals surface area (Å²) in [5.74, 6) is 0.829. The van der Waals surface area contributed by atoms with Gasteiger partial charge in [0, 0.05) is 30.4 Å². The molecule has 0 spiro atoms. The zero-order valence-electron chi connectivity index (χ0n) is 17.8. The second kappa shape index (κ2) is 10.6. The lowest BCUT2D eigenvalue weighted by molar-refractivity contribution is -0.123. The number of benzene rings is 2. The molecular weight excluding hydrogens is 436 g/mol. The van der Waals surface area contributed by atoms with E-state index in [9.17, 15) is 9.59 Å². The normalized spacial score (nSPS) is 15.0. The van der Waals surface area contributed by atoms with Crippen LogP contribution in [-0.2, 0) is 4.79 Å². The predicted molar refractivity (Wildman–Crippen MR) is 126 cm³/mol. The summed E-state index contributed by atoms with van der Waals surface area (Å²) in [6.07, 6.45) is 1.70. The summed E-state index contributed by atoms with van der Waals surface area (Å²) in [5.41, 5.74) is 1.79. The highest BCUT2D eigenvalue weighted by Gasteiger charge is 2.35. The van der Waals surface area contributed by atoms with Crippen LogP contribution in [-0.4, -0.2) is 49.4 Å². The Hall–Kier alpha value is -2.64. The molecule has 0 radical (unpaired) electrons. The van der Waals surface area contributed by atoms with E-state index in [1.807, 2.05) is 24.3 Å². The SMILES string of the molecule is CCN(CC)c1ccc(/C=C2\SC(=O)N(CCOc3ccccc3Cl)C2=O)c(OC)c1. The maximum Gasteiger partial charge on any atom is 0.293 e. The fourth-order valence-corrected chi connectivity index (χ4v) is 4.29. The second-order valence-corrected chi connectivity index (χ2v) is 8.11. The summed E-state index contributed by atoms with van der Waals surface area (Å²) in [4.78, 5) is 28.9. The van der Waals surface area contributed by atoms with E-state index in [0.717, 1.165) is 36.1 Å². The number of hydrogen-bond donors (Lipinski definition) is 0. The smallest absolute Gasteiger partial charge is 0.293 e. The Kier molecular flexibility index (Phi) is 7.87. The van der Waals surface area contributed by atoms with Gasteiger partial charge in [-0.25, -0.2) is 0 Å². The lowest BCUT2D eigenvalue weighted by Crippen LogP contribution is -2.32. The zero-order valence-corrected chi connectivity index (χ0v) is 19.3. The van der Waals surface area contributed by atoms with Gasteiger partial charge in [-0.05, 0) is 56.0 Å². The van der Waals surface area contributed by atoms with Gasteiger partial charge < -0.3 is 14.4 Å². The van der Waals surface area contributed by atoms with Gasteiger partial charge in [0.05, 0.1) is 23.6 Å². The largest absolute Gasteiger partial charge is 0.496 e. The van der Waals surface area contributed by atoms with Crippen molar-refractivity contribution in [1.29, 1.82) is 0 Å². The molecule has 0 aliphatic carbocycles. The summed E-state index contributed by atoms with van der Waals surface area (Å²) < 4.78 is 11.1. The van der Waals surface area contributed by atoms with Gasteiger partial charge in [0.1, 0.15) is 18.1 Å². The summed E-state index contributed by atoms with van der Waals surface area (Å²) in [6, 6.07) is 12.9. The first-order chi connectivity index (χ1) is 15.0. The van der Waals surface area contributed by atoms with Crippen LogP contribution in [0, 0.1) is 0 Å². The zero-order chi connectivity index (χ0) is 22.4. The fourth-order valence-electron chi connectivity index (χ4n) is 3.25. The van der Waals surface area contributed by atoms with Crippen LogP contribution in [0.15, 0.2) is 47.4 Å². The lowest BCUT2D eigenvalue weighted by atomic mass is 10.1. The number of anilines is 1. The number of halogens is 1. The van der Waals surface area contributed by atoms with Gasteiger partial charge in [-0.15, -0.1) is 0 Å². The Morgan fingerprint density at radius 1 is 1.10 bits per heavy atom. The molecule has 31 heavy (non-hydrogen) atoms. The minimum atomic E-state index is -0.340. The molecule has 0 saturated carbocycles. The number of hydrogen-bond acceptors (Lipinski definition) is 6. The number of ether oxygens (including phenoxy) is 2. The van der Waals surface area contributed by atoms with Crippen molar-refractivity contribution >= 4 is 46.3 Å². The first-order valence-electron chi connectivity index (χ1n) is 10.0. The molecule has 164 valence electrons. The molecule has 0 atom stereocenters. The number of nitrogens with zero attached hydrogens (tertiary/aromatic N) is 2. The van der Waals surface area contributed by atoms with E-state index in [1.165, 1.54) is 4.90 Å². The van der Waals surface area contributed by atoms with Crippen molar-refractivity contribution in [3.05, 3.63) is 58.0 Å².